The first kappa shape index (κ1) is 21.8. The van der Waals surface area contributed by atoms with E-state index in [2.05, 4.69) is 27.8 Å². The fraction of sp³-hybridized carbons (Fsp3) is 0.179. The molecule has 0 saturated heterocycles. The summed E-state index contributed by atoms with van der Waals surface area (Å²) in [6, 6.07) is 19.4. The maximum atomic E-state index is 13.6. The first-order valence-electron chi connectivity index (χ1n) is 11.3. The van der Waals surface area contributed by atoms with E-state index < -0.39 is 5.92 Å². The molecule has 2 N–H and O–H groups in total. The Kier molecular flexibility index (Phi) is 5.80. The molecule has 2 aliphatic rings. The molecule has 3 aromatic rings. The highest BCUT2D eigenvalue weighted by Crippen LogP contribution is 2.45. The fourth-order valence-corrected chi connectivity index (χ4v) is 4.91. The minimum absolute atomic E-state index is 0.0241. The van der Waals surface area contributed by atoms with Crippen molar-refractivity contribution in [2.45, 2.75) is 31.6 Å². The summed E-state index contributed by atoms with van der Waals surface area (Å²) in [6.07, 6.45) is 4.44. The van der Waals surface area contributed by atoms with Crippen LogP contribution in [0.2, 0.25) is 0 Å². The number of halogens is 1. The Hall–Kier alpha value is -4.06. The zero-order chi connectivity index (χ0) is 23.7. The van der Waals surface area contributed by atoms with Crippen LogP contribution in [-0.2, 0) is 9.59 Å². The number of rotatable bonds is 4. The Balaban J connectivity index is 1.54. The summed E-state index contributed by atoms with van der Waals surface area (Å²) in [5, 5.41) is 6.23. The molecule has 1 amide bonds. The number of ketones is 1. The van der Waals surface area contributed by atoms with Gasteiger partial charge in [0.05, 0.1) is 0 Å². The maximum Gasteiger partial charge on any atom is 0.254 e. The number of carbonyl (C=O) groups is 2. The number of Topliss-reactive ketones (excluding diaryl/α,β-unsaturated/α-hetero) is 1. The summed E-state index contributed by atoms with van der Waals surface area (Å²) in [5.74, 6) is -1.14. The SMILES string of the molecule is CC1=C(C(=O)Nc2ccc(F)cc2)[C@H](c2cccnc2)C2=C(C[C@@H](c3ccccc3)CC2=O)N1. The van der Waals surface area contributed by atoms with Crippen molar-refractivity contribution in [1.29, 1.82) is 0 Å². The van der Waals surface area contributed by atoms with Crippen LogP contribution in [0.4, 0.5) is 10.1 Å². The zero-order valence-corrected chi connectivity index (χ0v) is 18.7. The molecule has 170 valence electrons. The van der Waals surface area contributed by atoms with Crippen LogP contribution in [0.15, 0.2) is 102 Å². The first-order chi connectivity index (χ1) is 16.5. The van der Waals surface area contributed by atoms with Crippen LogP contribution in [0, 0.1) is 5.82 Å². The van der Waals surface area contributed by atoms with Crippen molar-refractivity contribution in [3.05, 3.63) is 119 Å². The minimum atomic E-state index is -0.533. The lowest BCUT2D eigenvalue weighted by atomic mass is 9.72. The van der Waals surface area contributed by atoms with Gasteiger partial charge in [0.1, 0.15) is 5.82 Å². The van der Waals surface area contributed by atoms with Gasteiger partial charge in [-0.25, -0.2) is 4.39 Å². The molecule has 0 fully saturated rings. The number of hydrogen-bond acceptors (Lipinski definition) is 4. The molecule has 5 nitrogen and oxygen atoms in total. The van der Waals surface area contributed by atoms with Gasteiger partial charge in [-0.2, -0.15) is 0 Å². The molecule has 2 aromatic carbocycles. The molecule has 0 unspecified atom stereocenters. The van der Waals surface area contributed by atoms with Gasteiger partial charge in [0, 0.05) is 53.0 Å². The second-order valence-corrected chi connectivity index (χ2v) is 8.68. The second-order valence-electron chi connectivity index (χ2n) is 8.68. The lowest BCUT2D eigenvalue weighted by molar-refractivity contribution is -0.116. The van der Waals surface area contributed by atoms with Gasteiger partial charge in [0.25, 0.3) is 5.91 Å². The Labute approximate surface area is 197 Å². The number of nitrogens with one attached hydrogen (secondary N) is 2. The van der Waals surface area contributed by atoms with Gasteiger partial charge in [-0.05, 0) is 60.7 Å². The molecule has 1 aliphatic heterocycles. The number of amides is 1. The molecule has 5 rings (SSSR count). The lowest BCUT2D eigenvalue weighted by Gasteiger charge is -2.37. The number of nitrogens with zero attached hydrogens (tertiary/aromatic N) is 1. The third kappa shape index (κ3) is 4.15. The Morgan fingerprint density at radius 3 is 2.44 bits per heavy atom. The predicted octanol–water partition coefficient (Wildman–Crippen LogP) is 5.22. The van der Waals surface area contributed by atoms with Crippen molar-refractivity contribution >= 4 is 17.4 Å². The van der Waals surface area contributed by atoms with Crippen LogP contribution in [0.3, 0.4) is 0 Å². The van der Waals surface area contributed by atoms with Gasteiger partial charge >= 0.3 is 0 Å². The zero-order valence-electron chi connectivity index (χ0n) is 18.7. The topological polar surface area (TPSA) is 71.1 Å². The Morgan fingerprint density at radius 2 is 1.74 bits per heavy atom. The summed E-state index contributed by atoms with van der Waals surface area (Å²) < 4.78 is 13.3. The quantitative estimate of drug-likeness (QED) is 0.568. The average molecular weight is 454 g/mol. The molecule has 2 heterocycles. The van der Waals surface area contributed by atoms with E-state index in [4.69, 9.17) is 0 Å². The number of aromatic nitrogens is 1. The number of pyridine rings is 1. The Morgan fingerprint density at radius 1 is 1.00 bits per heavy atom. The molecule has 0 radical (unpaired) electrons. The van der Waals surface area contributed by atoms with Crippen molar-refractivity contribution in [1.82, 2.24) is 10.3 Å². The first-order valence-corrected chi connectivity index (χ1v) is 11.3. The van der Waals surface area contributed by atoms with Crippen molar-refractivity contribution < 1.29 is 14.0 Å². The number of allylic oxidation sites excluding steroid dienone is 3. The van der Waals surface area contributed by atoms with Crippen molar-refractivity contribution in [3.63, 3.8) is 0 Å². The Bertz CT molecular complexity index is 1300. The molecule has 2 atom stereocenters. The van der Waals surface area contributed by atoms with Gasteiger partial charge in [-0.15, -0.1) is 0 Å². The lowest BCUT2D eigenvalue weighted by Crippen LogP contribution is -2.37. The molecule has 6 heteroatoms. The molecular weight excluding hydrogens is 429 g/mol. The minimum Gasteiger partial charge on any atom is -0.362 e. The normalized spacial score (nSPS) is 20.0. The summed E-state index contributed by atoms with van der Waals surface area (Å²) >= 11 is 0. The molecule has 34 heavy (non-hydrogen) atoms. The highest BCUT2D eigenvalue weighted by molar-refractivity contribution is 6.10. The van der Waals surface area contributed by atoms with E-state index in [0.29, 0.717) is 35.4 Å². The van der Waals surface area contributed by atoms with E-state index in [1.807, 2.05) is 37.3 Å². The van der Waals surface area contributed by atoms with E-state index in [-0.39, 0.29) is 23.4 Å². The van der Waals surface area contributed by atoms with Crippen molar-refractivity contribution in [2.24, 2.45) is 0 Å². The predicted molar refractivity (Wildman–Crippen MR) is 128 cm³/mol. The van der Waals surface area contributed by atoms with E-state index >= 15 is 0 Å². The third-order valence-electron chi connectivity index (χ3n) is 6.46. The molecule has 1 aliphatic carbocycles. The summed E-state index contributed by atoms with van der Waals surface area (Å²) in [6.45, 7) is 1.85. The van der Waals surface area contributed by atoms with Gasteiger partial charge in [-0.1, -0.05) is 36.4 Å². The smallest absolute Gasteiger partial charge is 0.254 e. The van der Waals surface area contributed by atoms with Gasteiger partial charge in [0.15, 0.2) is 5.78 Å². The monoisotopic (exact) mass is 453 g/mol. The van der Waals surface area contributed by atoms with Crippen LogP contribution in [0.1, 0.15) is 42.7 Å². The van der Waals surface area contributed by atoms with Gasteiger partial charge in [-0.3, -0.25) is 14.6 Å². The highest BCUT2D eigenvalue weighted by Gasteiger charge is 2.41. The molecular formula is C28H24FN3O2. The number of dihydropyridines is 1. The number of benzene rings is 2. The average Bonchev–Trinajstić information content (AvgIpc) is 2.85. The third-order valence-corrected chi connectivity index (χ3v) is 6.46. The number of carbonyl (C=O) groups excluding carboxylic acids is 2. The largest absolute Gasteiger partial charge is 0.362 e. The van der Waals surface area contributed by atoms with E-state index in [1.54, 1.807) is 12.4 Å². The van der Waals surface area contributed by atoms with E-state index in [0.717, 1.165) is 16.8 Å². The number of hydrogen-bond donors (Lipinski definition) is 2. The molecule has 1 aromatic heterocycles. The maximum absolute atomic E-state index is 13.6. The second kappa shape index (κ2) is 9.06. The highest BCUT2D eigenvalue weighted by atomic mass is 19.1. The van der Waals surface area contributed by atoms with Crippen molar-refractivity contribution in [3.8, 4) is 0 Å². The summed E-state index contributed by atoms with van der Waals surface area (Å²) in [5.41, 5.74) is 5.02. The van der Waals surface area contributed by atoms with Gasteiger partial charge < -0.3 is 10.6 Å². The van der Waals surface area contributed by atoms with Crippen LogP contribution < -0.4 is 10.6 Å². The van der Waals surface area contributed by atoms with Gasteiger partial charge in [0.2, 0.25) is 0 Å². The number of anilines is 1. The van der Waals surface area contributed by atoms with E-state index in [1.165, 1.54) is 24.3 Å². The van der Waals surface area contributed by atoms with Crippen LogP contribution >= 0.6 is 0 Å². The molecule has 0 bridgehead atoms. The summed E-state index contributed by atoms with van der Waals surface area (Å²) in [4.78, 5) is 31.3. The molecule has 0 spiro atoms. The molecule has 0 saturated carbocycles. The standard InChI is InChI=1S/C28H24FN3O2/c1-17-25(28(34)32-22-11-9-21(29)10-12-22)26(19-8-5-13-30-16-19)27-23(31-17)14-20(15-24(27)33)18-6-3-2-4-7-18/h2-13,16,20,26,31H,14-15H2,1H3,(H,32,34)/t20-,26+/m1/s1. The summed E-state index contributed by atoms with van der Waals surface area (Å²) in [7, 11) is 0. The van der Waals surface area contributed by atoms with Crippen LogP contribution in [-0.4, -0.2) is 16.7 Å². The van der Waals surface area contributed by atoms with E-state index in [9.17, 15) is 14.0 Å². The fourth-order valence-electron chi connectivity index (χ4n) is 4.91. The van der Waals surface area contributed by atoms with Crippen LogP contribution in [0.25, 0.3) is 0 Å². The van der Waals surface area contributed by atoms with Crippen molar-refractivity contribution in [2.75, 3.05) is 5.32 Å². The van der Waals surface area contributed by atoms with Crippen LogP contribution in [0.5, 0.6) is 0 Å².